The van der Waals surface area contributed by atoms with Gasteiger partial charge in [-0.25, -0.2) is 4.79 Å². The highest BCUT2D eigenvalue weighted by molar-refractivity contribution is 7.11. The highest BCUT2D eigenvalue weighted by Gasteiger charge is 2.58. The molecule has 0 spiro atoms. The maximum Gasteiger partial charge on any atom is 0.413 e. The first-order valence-corrected chi connectivity index (χ1v) is 8.93. The summed E-state index contributed by atoms with van der Waals surface area (Å²) in [5.41, 5.74) is 9.39. The summed E-state index contributed by atoms with van der Waals surface area (Å²) in [5.74, 6) is 0.0151. The van der Waals surface area contributed by atoms with Crippen molar-refractivity contribution in [3.8, 4) is 0 Å². The van der Waals surface area contributed by atoms with E-state index in [1.807, 2.05) is 27.7 Å². The molecule has 21 heavy (non-hydrogen) atoms. The number of rotatable bonds is 7. The summed E-state index contributed by atoms with van der Waals surface area (Å²) in [4.78, 5) is 15.2. The molecule has 0 aliphatic rings. The number of ether oxygens (including phenoxy) is 1. The van der Waals surface area contributed by atoms with Crippen LogP contribution < -0.4 is 0 Å². The lowest BCUT2D eigenvalue weighted by Crippen LogP contribution is -2.56. The molecule has 6 nitrogen and oxygen atoms in total. The van der Waals surface area contributed by atoms with E-state index in [0.717, 1.165) is 0 Å². The van der Waals surface area contributed by atoms with Crippen molar-refractivity contribution in [2.24, 2.45) is 0 Å². The van der Waals surface area contributed by atoms with E-state index in [4.69, 9.17) is 13.6 Å². The smallest absolute Gasteiger partial charge is 0.413 e. The molecule has 1 aromatic rings. The Kier molecular flexibility index (Phi) is 6.08. The van der Waals surface area contributed by atoms with Gasteiger partial charge in [0.15, 0.2) is 0 Å². The van der Waals surface area contributed by atoms with Crippen LogP contribution in [-0.4, -0.2) is 31.5 Å². The normalized spacial score (nSPS) is 11.6. The van der Waals surface area contributed by atoms with E-state index in [2.05, 4.69) is 4.79 Å². The Balaban J connectivity index is 3.20. The third-order valence-corrected chi connectivity index (χ3v) is 8.69. The van der Waals surface area contributed by atoms with Gasteiger partial charge in [-0.1, -0.05) is 27.7 Å². The fourth-order valence-corrected chi connectivity index (χ4v) is 6.76. The molecule has 0 aromatic carbocycles. The van der Waals surface area contributed by atoms with Gasteiger partial charge in [0.05, 0.1) is 20.0 Å². The standard InChI is InChI=1S/C14H22N2O4Si/c1-10(2)21(11(3)4,13(16-15)14(17)18-5)20-9-12-7-6-8-19-12/h6-8,10-11H,9H2,1-5H3. The molecule has 0 N–H and O–H groups in total. The molecular weight excluding hydrogens is 288 g/mol. The van der Waals surface area contributed by atoms with Gasteiger partial charge < -0.3 is 19.1 Å². The fraction of sp³-hybridized carbons (Fsp3) is 0.571. The predicted molar refractivity (Wildman–Crippen MR) is 80.1 cm³/mol. The topological polar surface area (TPSA) is 85.1 Å². The molecule has 0 atom stereocenters. The van der Waals surface area contributed by atoms with E-state index in [0.29, 0.717) is 5.76 Å². The molecule has 0 bridgehead atoms. The van der Waals surface area contributed by atoms with E-state index >= 15 is 0 Å². The van der Waals surface area contributed by atoms with Crippen LogP contribution in [0.5, 0.6) is 0 Å². The van der Waals surface area contributed by atoms with E-state index in [-0.39, 0.29) is 23.0 Å². The molecule has 7 heteroatoms. The molecule has 0 unspecified atom stereocenters. The lowest BCUT2D eigenvalue weighted by Gasteiger charge is -2.32. The summed E-state index contributed by atoms with van der Waals surface area (Å²) in [6.45, 7) is 8.07. The van der Waals surface area contributed by atoms with Crippen molar-refractivity contribution < 1.29 is 23.2 Å². The van der Waals surface area contributed by atoms with Gasteiger partial charge in [0, 0.05) is 0 Å². The predicted octanol–water partition coefficient (Wildman–Crippen LogP) is 2.94. The van der Waals surface area contributed by atoms with Gasteiger partial charge in [0.25, 0.3) is 0 Å². The summed E-state index contributed by atoms with van der Waals surface area (Å²) in [5, 5.41) is 0.00144. The van der Waals surface area contributed by atoms with Crippen LogP contribution in [0.25, 0.3) is 5.53 Å². The quantitative estimate of drug-likeness (QED) is 0.255. The average molecular weight is 310 g/mol. The lowest BCUT2D eigenvalue weighted by atomic mass is 10.5. The Labute approximate surface area is 125 Å². The van der Waals surface area contributed by atoms with Crippen molar-refractivity contribution in [3.63, 3.8) is 0 Å². The zero-order valence-corrected chi connectivity index (χ0v) is 14.1. The molecule has 0 radical (unpaired) electrons. The second-order valence-corrected chi connectivity index (χ2v) is 10.1. The molecule has 1 rings (SSSR count). The van der Waals surface area contributed by atoms with E-state index in [1.54, 1.807) is 18.4 Å². The van der Waals surface area contributed by atoms with Gasteiger partial charge in [-0.05, 0) is 23.2 Å². The molecule has 0 fully saturated rings. The number of hydrogen-bond acceptors (Lipinski definition) is 4. The van der Waals surface area contributed by atoms with Crippen molar-refractivity contribution >= 4 is 19.6 Å². The zero-order valence-electron chi connectivity index (χ0n) is 13.1. The Morgan fingerprint density at radius 2 is 2.00 bits per heavy atom. The molecule has 116 valence electrons. The Morgan fingerprint density at radius 3 is 2.38 bits per heavy atom. The number of methoxy groups -OCH3 is 1. The Hall–Kier alpha value is -1.69. The average Bonchev–Trinajstić information content (AvgIpc) is 2.95. The van der Waals surface area contributed by atoms with E-state index in [9.17, 15) is 10.3 Å². The summed E-state index contributed by atoms with van der Waals surface area (Å²) >= 11 is 0. The van der Waals surface area contributed by atoms with Crippen molar-refractivity contribution in [1.29, 1.82) is 0 Å². The minimum Gasteiger partial charge on any atom is -0.467 e. The number of nitrogens with zero attached hydrogens (tertiary/aromatic N) is 2. The summed E-state index contributed by atoms with van der Waals surface area (Å²) < 4.78 is 16.1. The highest BCUT2D eigenvalue weighted by Crippen LogP contribution is 2.35. The second kappa shape index (κ2) is 7.35. The first-order chi connectivity index (χ1) is 9.90. The van der Waals surface area contributed by atoms with Crippen molar-refractivity contribution in [2.75, 3.05) is 7.11 Å². The van der Waals surface area contributed by atoms with Crippen LogP contribution in [-0.2, 0) is 20.6 Å². The van der Waals surface area contributed by atoms with Gasteiger partial charge >= 0.3 is 19.6 Å². The van der Waals surface area contributed by atoms with Crippen LogP contribution in [0.4, 0.5) is 0 Å². The van der Waals surface area contributed by atoms with Gasteiger partial charge in [-0.3, -0.25) is 0 Å². The SMILES string of the molecule is COC(=O)C(=[N+]=[N-])[Si](OCc1ccco1)(C(C)C)C(C)C. The largest absolute Gasteiger partial charge is 0.467 e. The molecule has 0 aliphatic carbocycles. The Morgan fingerprint density at radius 1 is 1.38 bits per heavy atom. The van der Waals surface area contributed by atoms with Crippen molar-refractivity contribution in [3.05, 3.63) is 29.7 Å². The molecule has 0 saturated heterocycles. The van der Waals surface area contributed by atoms with Crippen LogP contribution in [0, 0.1) is 0 Å². The molecule has 0 amide bonds. The molecule has 0 aliphatic heterocycles. The van der Waals surface area contributed by atoms with E-state index < -0.39 is 14.3 Å². The van der Waals surface area contributed by atoms with Crippen molar-refractivity contribution in [1.82, 2.24) is 0 Å². The maximum absolute atomic E-state index is 12.0. The fourth-order valence-electron chi connectivity index (χ4n) is 2.58. The lowest BCUT2D eigenvalue weighted by molar-refractivity contribution is -0.137. The number of carbonyl (C=O) groups is 1. The third-order valence-electron chi connectivity index (χ3n) is 3.60. The molecule has 1 aromatic heterocycles. The first-order valence-electron chi connectivity index (χ1n) is 6.87. The molecular formula is C14H22N2O4Si. The van der Waals surface area contributed by atoms with Crippen LogP contribution in [0.15, 0.2) is 22.8 Å². The third kappa shape index (κ3) is 3.50. The van der Waals surface area contributed by atoms with Crippen LogP contribution in [0.2, 0.25) is 11.1 Å². The minimum absolute atomic E-state index is 0.00144. The van der Waals surface area contributed by atoms with Crippen LogP contribution >= 0.6 is 0 Å². The second-order valence-electron chi connectivity index (χ2n) is 5.41. The van der Waals surface area contributed by atoms with Crippen LogP contribution in [0.1, 0.15) is 33.5 Å². The number of carbonyl (C=O) groups excluding carboxylic acids is 1. The highest BCUT2D eigenvalue weighted by atomic mass is 28.4. The zero-order chi connectivity index (χ0) is 16.0. The first kappa shape index (κ1) is 17.4. The van der Waals surface area contributed by atoms with Crippen molar-refractivity contribution in [2.45, 2.75) is 45.4 Å². The number of furan rings is 1. The summed E-state index contributed by atoms with van der Waals surface area (Å²) in [7, 11) is -1.59. The number of esters is 1. The van der Waals surface area contributed by atoms with Gasteiger partial charge in [0.2, 0.25) is 0 Å². The van der Waals surface area contributed by atoms with Gasteiger partial charge in [-0.2, -0.15) is 4.79 Å². The summed E-state index contributed by atoms with van der Waals surface area (Å²) in [6.07, 6.45) is 1.56. The molecule has 1 heterocycles. The maximum atomic E-state index is 12.0. The minimum atomic E-state index is -2.85. The van der Waals surface area contributed by atoms with Crippen LogP contribution in [0.3, 0.4) is 0 Å². The summed E-state index contributed by atoms with van der Waals surface area (Å²) in [6, 6.07) is 3.57. The number of hydrogen-bond donors (Lipinski definition) is 0. The molecule has 0 saturated carbocycles. The van der Waals surface area contributed by atoms with Gasteiger partial charge in [-0.15, -0.1) is 0 Å². The van der Waals surface area contributed by atoms with Gasteiger partial charge in [0.1, 0.15) is 5.76 Å². The monoisotopic (exact) mass is 310 g/mol. The van der Waals surface area contributed by atoms with E-state index in [1.165, 1.54) is 7.11 Å². The Bertz CT molecular complexity index is 511.